The van der Waals surface area contributed by atoms with Crippen LogP contribution < -0.4 is 16.4 Å². The summed E-state index contributed by atoms with van der Waals surface area (Å²) in [6.07, 6.45) is 0. The number of amides is 1. The molecule has 0 aromatic carbocycles. The van der Waals surface area contributed by atoms with E-state index >= 15 is 0 Å². The predicted molar refractivity (Wildman–Crippen MR) is 75.1 cm³/mol. The number of carbonyl (C=O) groups is 1. The van der Waals surface area contributed by atoms with Crippen LogP contribution in [0.4, 0.5) is 11.8 Å². The van der Waals surface area contributed by atoms with Crippen LogP contribution in [0, 0.1) is 5.92 Å². The first-order valence-electron chi connectivity index (χ1n) is 5.72. The highest BCUT2D eigenvalue weighted by Gasteiger charge is 2.14. The van der Waals surface area contributed by atoms with Crippen LogP contribution in [0.5, 0.6) is 0 Å². The van der Waals surface area contributed by atoms with E-state index in [9.17, 15) is 4.79 Å². The van der Waals surface area contributed by atoms with E-state index in [4.69, 9.17) is 5.73 Å². The number of carbonyl (C=O) groups excluding carboxylic acids is 1. The van der Waals surface area contributed by atoms with Gasteiger partial charge in [-0.3, -0.25) is 4.79 Å². The number of hydrogen-bond donors (Lipinski definition) is 3. The summed E-state index contributed by atoms with van der Waals surface area (Å²) >= 11 is 3.22. The number of nitrogens with zero attached hydrogens (tertiary/aromatic N) is 2. The van der Waals surface area contributed by atoms with E-state index in [-0.39, 0.29) is 5.91 Å². The molecule has 0 radical (unpaired) electrons. The van der Waals surface area contributed by atoms with Gasteiger partial charge >= 0.3 is 0 Å². The van der Waals surface area contributed by atoms with E-state index in [1.807, 2.05) is 13.8 Å². The largest absolute Gasteiger partial charge is 0.383 e. The van der Waals surface area contributed by atoms with Crippen molar-refractivity contribution in [2.24, 2.45) is 5.92 Å². The molecular weight excluding hydrogens is 298 g/mol. The van der Waals surface area contributed by atoms with Gasteiger partial charge in [-0.25, -0.2) is 4.98 Å². The summed E-state index contributed by atoms with van der Waals surface area (Å²) in [4.78, 5) is 19.8. The van der Waals surface area contributed by atoms with Crippen molar-refractivity contribution < 1.29 is 4.79 Å². The van der Waals surface area contributed by atoms with Crippen LogP contribution in [-0.4, -0.2) is 28.5 Å². The average Bonchev–Trinajstić information content (AvgIpc) is 2.24. The maximum Gasteiger partial charge on any atom is 0.242 e. The van der Waals surface area contributed by atoms with Gasteiger partial charge in [0, 0.05) is 12.6 Å². The zero-order valence-corrected chi connectivity index (χ0v) is 12.3. The molecule has 0 saturated heterocycles. The summed E-state index contributed by atoms with van der Waals surface area (Å²) in [5.41, 5.74) is 5.59. The van der Waals surface area contributed by atoms with Gasteiger partial charge in [0.05, 0.1) is 0 Å². The number of halogens is 1. The molecule has 1 rings (SSSR count). The highest BCUT2D eigenvalue weighted by molar-refractivity contribution is 9.10. The van der Waals surface area contributed by atoms with Crippen molar-refractivity contribution in [3.05, 3.63) is 10.7 Å². The van der Waals surface area contributed by atoms with Crippen molar-refractivity contribution in [3.63, 3.8) is 0 Å². The summed E-state index contributed by atoms with van der Waals surface area (Å²) in [6.45, 7) is 6.47. The summed E-state index contributed by atoms with van der Waals surface area (Å²) in [5.74, 6) is 0.994. The standard InChI is InChI=1S/C11H18BrN5O/c1-6(2)5-14-10(18)7(3)15-11-16-8(12)4-9(13)17-11/h4,6-7H,5H2,1-3H3,(H,14,18)(H3,13,15,16,17). The molecule has 0 aliphatic carbocycles. The Bertz CT molecular complexity index is 404. The van der Waals surface area contributed by atoms with Crippen molar-refractivity contribution in [1.29, 1.82) is 0 Å². The lowest BCUT2D eigenvalue weighted by molar-refractivity contribution is -0.121. The zero-order valence-electron chi connectivity index (χ0n) is 10.7. The lowest BCUT2D eigenvalue weighted by atomic mass is 10.2. The third-order valence-electron chi connectivity index (χ3n) is 2.14. The Morgan fingerprint density at radius 3 is 2.67 bits per heavy atom. The molecule has 18 heavy (non-hydrogen) atoms. The fraction of sp³-hybridized carbons (Fsp3) is 0.545. The zero-order chi connectivity index (χ0) is 13.7. The minimum atomic E-state index is -0.419. The molecule has 1 unspecified atom stereocenters. The summed E-state index contributed by atoms with van der Waals surface area (Å²) in [6, 6.07) is 1.17. The minimum absolute atomic E-state index is 0.0918. The van der Waals surface area contributed by atoms with Crippen LogP contribution in [0.2, 0.25) is 0 Å². The van der Waals surface area contributed by atoms with Crippen molar-refractivity contribution in [2.75, 3.05) is 17.6 Å². The monoisotopic (exact) mass is 315 g/mol. The second-order valence-electron chi connectivity index (χ2n) is 4.44. The maximum absolute atomic E-state index is 11.7. The smallest absolute Gasteiger partial charge is 0.242 e. The van der Waals surface area contributed by atoms with Crippen LogP contribution in [-0.2, 0) is 4.79 Å². The number of nitrogen functional groups attached to an aromatic ring is 1. The molecule has 0 bridgehead atoms. The lowest BCUT2D eigenvalue weighted by Crippen LogP contribution is -2.39. The van der Waals surface area contributed by atoms with Crippen LogP contribution in [0.3, 0.4) is 0 Å². The van der Waals surface area contributed by atoms with E-state index in [2.05, 4.69) is 36.5 Å². The molecule has 1 amide bonds. The molecule has 1 aromatic rings. The lowest BCUT2D eigenvalue weighted by Gasteiger charge is -2.15. The van der Waals surface area contributed by atoms with Crippen LogP contribution >= 0.6 is 15.9 Å². The van der Waals surface area contributed by atoms with E-state index in [1.54, 1.807) is 13.0 Å². The van der Waals surface area contributed by atoms with Gasteiger partial charge in [-0.15, -0.1) is 0 Å². The summed E-state index contributed by atoms with van der Waals surface area (Å²) in [5, 5.41) is 5.73. The first kappa shape index (κ1) is 14.7. The number of rotatable bonds is 5. The Balaban J connectivity index is 2.58. The van der Waals surface area contributed by atoms with E-state index in [1.165, 1.54) is 0 Å². The first-order valence-corrected chi connectivity index (χ1v) is 6.52. The fourth-order valence-corrected chi connectivity index (χ4v) is 1.62. The van der Waals surface area contributed by atoms with Gasteiger partial charge in [0.25, 0.3) is 0 Å². The normalized spacial score (nSPS) is 12.3. The molecular formula is C11H18BrN5O. The highest BCUT2D eigenvalue weighted by atomic mass is 79.9. The molecule has 100 valence electrons. The number of nitrogens with two attached hydrogens (primary N) is 1. The first-order chi connectivity index (χ1) is 8.38. The molecule has 0 aliphatic heterocycles. The van der Waals surface area contributed by atoms with Gasteiger partial charge in [-0.2, -0.15) is 4.98 Å². The van der Waals surface area contributed by atoms with Gasteiger partial charge in [0.15, 0.2) is 0 Å². The number of aromatic nitrogens is 2. The molecule has 0 saturated carbocycles. The van der Waals surface area contributed by atoms with Crippen LogP contribution in [0.1, 0.15) is 20.8 Å². The van der Waals surface area contributed by atoms with Gasteiger partial charge in [-0.05, 0) is 28.8 Å². The molecule has 1 aromatic heterocycles. The van der Waals surface area contributed by atoms with Crippen molar-refractivity contribution in [2.45, 2.75) is 26.8 Å². The summed E-state index contributed by atoms with van der Waals surface area (Å²) in [7, 11) is 0. The average molecular weight is 316 g/mol. The van der Waals surface area contributed by atoms with Gasteiger partial charge in [0.1, 0.15) is 16.5 Å². The fourth-order valence-electron chi connectivity index (χ4n) is 1.22. The van der Waals surface area contributed by atoms with Crippen molar-refractivity contribution >= 4 is 33.6 Å². The molecule has 0 aliphatic rings. The van der Waals surface area contributed by atoms with Crippen molar-refractivity contribution in [1.82, 2.24) is 15.3 Å². The number of nitrogens with one attached hydrogen (secondary N) is 2. The predicted octanol–water partition coefficient (Wildman–Crippen LogP) is 1.39. The second kappa shape index (κ2) is 6.53. The quantitative estimate of drug-likeness (QED) is 0.714. The third kappa shape index (κ3) is 4.87. The van der Waals surface area contributed by atoms with E-state index in [0.717, 1.165) is 0 Å². The number of anilines is 2. The number of hydrogen-bond acceptors (Lipinski definition) is 5. The summed E-state index contributed by atoms with van der Waals surface area (Å²) < 4.78 is 0.576. The Hall–Kier alpha value is -1.37. The Morgan fingerprint density at radius 2 is 2.11 bits per heavy atom. The Kier molecular flexibility index (Phi) is 5.33. The molecule has 4 N–H and O–H groups in total. The minimum Gasteiger partial charge on any atom is -0.383 e. The Labute approximate surface area is 115 Å². The topological polar surface area (TPSA) is 92.9 Å². The van der Waals surface area contributed by atoms with Gasteiger partial charge in [-0.1, -0.05) is 13.8 Å². The molecule has 0 fully saturated rings. The maximum atomic E-state index is 11.7. The Morgan fingerprint density at radius 1 is 1.44 bits per heavy atom. The second-order valence-corrected chi connectivity index (χ2v) is 5.26. The molecule has 7 heteroatoms. The van der Waals surface area contributed by atoms with Gasteiger partial charge < -0.3 is 16.4 Å². The molecule has 6 nitrogen and oxygen atoms in total. The SMILES string of the molecule is CC(C)CNC(=O)C(C)Nc1nc(N)cc(Br)n1. The van der Waals surface area contributed by atoms with Crippen molar-refractivity contribution in [3.8, 4) is 0 Å². The van der Waals surface area contributed by atoms with E-state index in [0.29, 0.717) is 28.8 Å². The van der Waals surface area contributed by atoms with Crippen LogP contribution in [0.15, 0.2) is 10.7 Å². The molecule has 0 spiro atoms. The van der Waals surface area contributed by atoms with Crippen LogP contribution in [0.25, 0.3) is 0 Å². The highest BCUT2D eigenvalue weighted by Crippen LogP contribution is 2.12. The third-order valence-corrected chi connectivity index (χ3v) is 2.54. The van der Waals surface area contributed by atoms with E-state index < -0.39 is 6.04 Å². The molecule has 1 atom stereocenters. The molecule has 1 heterocycles. The van der Waals surface area contributed by atoms with Gasteiger partial charge in [0.2, 0.25) is 11.9 Å².